The van der Waals surface area contributed by atoms with Gasteiger partial charge in [0.25, 0.3) is 0 Å². The van der Waals surface area contributed by atoms with Gasteiger partial charge in [-0.3, -0.25) is 0 Å². The van der Waals surface area contributed by atoms with Crippen LogP contribution in [0.25, 0.3) is 0 Å². The topological polar surface area (TPSA) is 101 Å². The summed E-state index contributed by atoms with van der Waals surface area (Å²) in [7, 11) is 0. The lowest BCUT2D eigenvalue weighted by atomic mass is 10.0. The summed E-state index contributed by atoms with van der Waals surface area (Å²) in [6.07, 6.45) is 0.253. The van der Waals surface area contributed by atoms with Gasteiger partial charge in [0.15, 0.2) is 6.23 Å². The first kappa shape index (κ1) is 11.5. The molecule has 1 aliphatic heterocycles. The van der Waals surface area contributed by atoms with Crippen LogP contribution in [-0.4, -0.2) is 55.2 Å². The third-order valence-corrected chi connectivity index (χ3v) is 2.85. The van der Waals surface area contributed by atoms with Gasteiger partial charge in [-0.2, -0.15) is 0 Å². The van der Waals surface area contributed by atoms with Crippen LogP contribution in [0.1, 0.15) is 18.8 Å². The fourth-order valence-corrected chi connectivity index (χ4v) is 1.75. The highest BCUT2D eigenvalue weighted by atomic mass is 16.6. The average Bonchev–Trinajstić information content (AvgIpc) is 2.86. The standard InChI is InChI=1S/C9H15N3O4/c1-2-6-3-10-11-12(6)8-7(14)9(15,4-13)5-16-8/h3,7-8,13-15H,2,4-5H2,1H3/t7-,8+,9+/m0/s1. The Kier molecular flexibility index (Phi) is 2.94. The number of hydrogen-bond acceptors (Lipinski definition) is 6. The second kappa shape index (κ2) is 4.10. The summed E-state index contributed by atoms with van der Waals surface area (Å²) in [6, 6.07) is 0. The van der Waals surface area contributed by atoms with Crippen molar-refractivity contribution in [1.29, 1.82) is 0 Å². The van der Waals surface area contributed by atoms with E-state index in [1.807, 2.05) is 6.92 Å². The lowest BCUT2D eigenvalue weighted by Crippen LogP contribution is -2.46. The SMILES string of the molecule is CCc1cnnn1[C@@H]1OC[C@](O)(CO)[C@H]1O. The Balaban J connectivity index is 2.25. The number of aromatic nitrogens is 3. The largest absolute Gasteiger partial charge is 0.393 e. The van der Waals surface area contributed by atoms with Crippen molar-refractivity contribution in [1.82, 2.24) is 15.0 Å². The van der Waals surface area contributed by atoms with Gasteiger partial charge in [0.2, 0.25) is 0 Å². The highest BCUT2D eigenvalue weighted by Crippen LogP contribution is 2.31. The third kappa shape index (κ3) is 1.61. The van der Waals surface area contributed by atoms with Crippen LogP contribution >= 0.6 is 0 Å². The summed E-state index contributed by atoms with van der Waals surface area (Å²) >= 11 is 0. The highest BCUT2D eigenvalue weighted by molar-refractivity contribution is 5.00. The molecule has 90 valence electrons. The number of ether oxygens (including phenoxy) is 1. The monoisotopic (exact) mass is 229 g/mol. The number of aliphatic hydroxyl groups is 3. The molecule has 16 heavy (non-hydrogen) atoms. The average molecular weight is 229 g/mol. The number of aliphatic hydroxyl groups excluding tert-OH is 2. The second-order valence-electron chi connectivity index (χ2n) is 3.93. The van der Waals surface area contributed by atoms with Crippen LogP contribution in [0.2, 0.25) is 0 Å². The van der Waals surface area contributed by atoms with E-state index in [4.69, 9.17) is 9.84 Å². The number of rotatable bonds is 3. The van der Waals surface area contributed by atoms with E-state index in [0.29, 0.717) is 6.42 Å². The van der Waals surface area contributed by atoms with E-state index in [-0.39, 0.29) is 6.61 Å². The molecule has 1 saturated heterocycles. The molecule has 1 aromatic rings. The van der Waals surface area contributed by atoms with Crippen LogP contribution in [-0.2, 0) is 11.2 Å². The minimum absolute atomic E-state index is 0.127. The molecule has 7 heteroatoms. The Morgan fingerprint density at radius 1 is 1.69 bits per heavy atom. The summed E-state index contributed by atoms with van der Waals surface area (Å²) in [6.45, 7) is 1.24. The molecule has 0 bridgehead atoms. The predicted octanol–water partition coefficient (Wildman–Crippen LogP) is -1.55. The van der Waals surface area contributed by atoms with Gasteiger partial charge >= 0.3 is 0 Å². The molecule has 0 aliphatic carbocycles. The molecule has 1 aliphatic rings. The quantitative estimate of drug-likeness (QED) is 0.580. The molecule has 1 fully saturated rings. The lowest BCUT2D eigenvalue weighted by molar-refractivity contribution is -0.0896. The van der Waals surface area contributed by atoms with Gasteiger partial charge in [0, 0.05) is 0 Å². The summed E-state index contributed by atoms with van der Waals surface area (Å²) in [5.74, 6) is 0. The molecule has 3 atom stereocenters. The first-order valence-electron chi connectivity index (χ1n) is 5.14. The van der Waals surface area contributed by atoms with E-state index in [2.05, 4.69) is 10.3 Å². The Morgan fingerprint density at radius 3 is 3.00 bits per heavy atom. The molecular weight excluding hydrogens is 214 g/mol. The molecule has 3 N–H and O–H groups in total. The van der Waals surface area contributed by atoms with Gasteiger partial charge in [-0.05, 0) is 6.42 Å². The maximum Gasteiger partial charge on any atom is 0.181 e. The zero-order chi connectivity index (χ0) is 11.8. The first-order chi connectivity index (χ1) is 7.62. The van der Waals surface area contributed by atoms with Crippen molar-refractivity contribution in [2.75, 3.05) is 13.2 Å². The summed E-state index contributed by atoms with van der Waals surface area (Å²) in [5.41, 5.74) is -0.826. The van der Waals surface area contributed by atoms with Crippen molar-refractivity contribution in [2.45, 2.75) is 31.3 Å². The molecule has 0 amide bonds. The van der Waals surface area contributed by atoms with E-state index in [0.717, 1.165) is 5.69 Å². The number of nitrogens with zero attached hydrogens (tertiary/aromatic N) is 3. The fraction of sp³-hybridized carbons (Fsp3) is 0.778. The molecule has 0 spiro atoms. The van der Waals surface area contributed by atoms with E-state index in [1.165, 1.54) is 4.68 Å². The molecule has 0 radical (unpaired) electrons. The van der Waals surface area contributed by atoms with Gasteiger partial charge < -0.3 is 20.1 Å². The van der Waals surface area contributed by atoms with Crippen molar-refractivity contribution in [2.24, 2.45) is 0 Å². The first-order valence-corrected chi connectivity index (χ1v) is 5.14. The Morgan fingerprint density at radius 2 is 2.44 bits per heavy atom. The lowest BCUT2D eigenvalue weighted by Gasteiger charge is -2.23. The van der Waals surface area contributed by atoms with Gasteiger partial charge in [0.05, 0.1) is 25.1 Å². The van der Waals surface area contributed by atoms with Crippen molar-refractivity contribution in [3.05, 3.63) is 11.9 Å². The van der Waals surface area contributed by atoms with Crippen LogP contribution in [0.4, 0.5) is 0 Å². The normalized spacial score (nSPS) is 34.5. The molecule has 0 aromatic carbocycles. The van der Waals surface area contributed by atoms with Crippen LogP contribution in [0, 0.1) is 0 Å². The van der Waals surface area contributed by atoms with E-state index >= 15 is 0 Å². The molecule has 7 nitrogen and oxygen atoms in total. The zero-order valence-corrected chi connectivity index (χ0v) is 8.94. The maximum atomic E-state index is 9.88. The minimum Gasteiger partial charge on any atom is -0.393 e. The second-order valence-corrected chi connectivity index (χ2v) is 3.93. The van der Waals surface area contributed by atoms with E-state index < -0.39 is 24.5 Å². The van der Waals surface area contributed by atoms with Crippen molar-refractivity contribution in [3.63, 3.8) is 0 Å². The summed E-state index contributed by atoms with van der Waals surface area (Å²) < 4.78 is 6.69. The van der Waals surface area contributed by atoms with Gasteiger partial charge in [-0.15, -0.1) is 5.10 Å². The van der Waals surface area contributed by atoms with Crippen LogP contribution in [0.5, 0.6) is 0 Å². The Labute approximate surface area is 92.3 Å². The molecule has 2 rings (SSSR count). The van der Waals surface area contributed by atoms with Gasteiger partial charge in [-0.25, -0.2) is 4.68 Å². The van der Waals surface area contributed by atoms with E-state index in [1.54, 1.807) is 6.20 Å². The molecule has 2 heterocycles. The van der Waals surface area contributed by atoms with Gasteiger partial charge in [-0.1, -0.05) is 12.1 Å². The van der Waals surface area contributed by atoms with Crippen LogP contribution in [0.15, 0.2) is 6.20 Å². The predicted molar refractivity (Wildman–Crippen MR) is 52.4 cm³/mol. The zero-order valence-electron chi connectivity index (χ0n) is 8.94. The summed E-state index contributed by atoms with van der Waals surface area (Å²) in [5, 5.41) is 36.2. The Bertz CT molecular complexity index is 369. The fourth-order valence-electron chi connectivity index (χ4n) is 1.75. The third-order valence-electron chi connectivity index (χ3n) is 2.85. The highest BCUT2D eigenvalue weighted by Gasteiger charge is 2.49. The number of aryl methyl sites for hydroxylation is 1. The number of hydrogen-bond donors (Lipinski definition) is 3. The van der Waals surface area contributed by atoms with Crippen LogP contribution in [0.3, 0.4) is 0 Å². The summed E-state index contributed by atoms with van der Waals surface area (Å²) in [4.78, 5) is 0. The van der Waals surface area contributed by atoms with E-state index in [9.17, 15) is 10.2 Å². The molecular formula is C9H15N3O4. The van der Waals surface area contributed by atoms with Crippen molar-refractivity contribution >= 4 is 0 Å². The minimum atomic E-state index is -1.62. The molecule has 0 unspecified atom stereocenters. The van der Waals surface area contributed by atoms with Crippen LogP contribution < -0.4 is 0 Å². The van der Waals surface area contributed by atoms with Crippen molar-refractivity contribution < 1.29 is 20.1 Å². The van der Waals surface area contributed by atoms with Crippen molar-refractivity contribution in [3.8, 4) is 0 Å². The maximum absolute atomic E-state index is 9.88. The molecule has 1 aromatic heterocycles. The Hall–Kier alpha value is -1.02. The molecule has 0 saturated carbocycles. The van der Waals surface area contributed by atoms with Gasteiger partial charge in [0.1, 0.15) is 11.7 Å². The smallest absolute Gasteiger partial charge is 0.181 e.